The average molecular weight is 265 g/mol. The summed E-state index contributed by atoms with van der Waals surface area (Å²) < 4.78 is 5.74. The predicted molar refractivity (Wildman–Crippen MR) is 61.7 cm³/mol. The van der Waals surface area contributed by atoms with Gasteiger partial charge in [0.15, 0.2) is 4.73 Å². The molecular weight excluding hydrogens is 256 g/mol. The van der Waals surface area contributed by atoms with Crippen molar-refractivity contribution in [1.29, 1.82) is 0 Å². The number of ether oxygens (including phenoxy) is 1. The third-order valence-corrected chi connectivity index (χ3v) is 2.37. The standard InChI is InChI=1S/C11H9BrN2O/c1-15-9-4-2-3-8(7-9)10-5-6-13-11(12)14-10/h2-7H,1H3. The zero-order valence-corrected chi connectivity index (χ0v) is 9.73. The molecule has 0 saturated carbocycles. The first-order chi connectivity index (χ1) is 7.29. The van der Waals surface area contributed by atoms with Gasteiger partial charge in [-0.25, -0.2) is 9.97 Å². The summed E-state index contributed by atoms with van der Waals surface area (Å²) in [4.78, 5) is 8.25. The first kappa shape index (κ1) is 10.1. The average Bonchev–Trinajstić information content (AvgIpc) is 2.29. The molecule has 0 unspecified atom stereocenters. The molecule has 0 bridgehead atoms. The van der Waals surface area contributed by atoms with Gasteiger partial charge in [0.1, 0.15) is 5.75 Å². The lowest BCUT2D eigenvalue weighted by Crippen LogP contribution is -1.88. The van der Waals surface area contributed by atoms with E-state index in [1.807, 2.05) is 30.3 Å². The van der Waals surface area contributed by atoms with Gasteiger partial charge in [-0.3, -0.25) is 0 Å². The van der Waals surface area contributed by atoms with Crippen LogP contribution in [0.2, 0.25) is 0 Å². The highest BCUT2D eigenvalue weighted by Crippen LogP contribution is 2.22. The largest absolute Gasteiger partial charge is 0.497 e. The molecule has 15 heavy (non-hydrogen) atoms. The quantitative estimate of drug-likeness (QED) is 0.783. The molecular formula is C11H9BrN2O. The Kier molecular flexibility index (Phi) is 2.97. The van der Waals surface area contributed by atoms with Gasteiger partial charge in [-0.05, 0) is 34.1 Å². The van der Waals surface area contributed by atoms with E-state index in [2.05, 4.69) is 25.9 Å². The van der Waals surface area contributed by atoms with Crippen LogP contribution in [0.5, 0.6) is 5.75 Å². The minimum Gasteiger partial charge on any atom is -0.497 e. The molecule has 0 fully saturated rings. The number of nitrogens with zero attached hydrogens (tertiary/aromatic N) is 2. The van der Waals surface area contributed by atoms with E-state index in [1.165, 1.54) is 0 Å². The third-order valence-electron chi connectivity index (χ3n) is 1.99. The fourth-order valence-electron chi connectivity index (χ4n) is 1.28. The Balaban J connectivity index is 2.44. The van der Waals surface area contributed by atoms with Crippen molar-refractivity contribution in [3.63, 3.8) is 0 Å². The van der Waals surface area contributed by atoms with Gasteiger partial charge < -0.3 is 4.74 Å². The van der Waals surface area contributed by atoms with Gasteiger partial charge >= 0.3 is 0 Å². The van der Waals surface area contributed by atoms with Crippen LogP contribution in [0, 0.1) is 0 Å². The summed E-state index contributed by atoms with van der Waals surface area (Å²) in [5.74, 6) is 0.822. The van der Waals surface area contributed by atoms with Crippen LogP contribution in [-0.4, -0.2) is 17.1 Å². The van der Waals surface area contributed by atoms with Crippen LogP contribution in [0.4, 0.5) is 0 Å². The maximum Gasteiger partial charge on any atom is 0.197 e. The highest BCUT2D eigenvalue weighted by Gasteiger charge is 2.01. The Bertz CT molecular complexity index is 474. The van der Waals surface area contributed by atoms with Crippen molar-refractivity contribution in [2.45, 2.75) is 0 Å². The van der Waals surface area contributed by atoms with Crippen molar-refractivity contribution in [3.05, 3.63) is 41.3 Å². The third kappa shape index (κ3) is 2.33. The van der Waals surface area contributed by atoms with Crippen LogP contribution in [0.15, 0.2) is 41.3 Å². The lowest BCUT2D eigenvalue weighted by Gasteiger charge is -2.03. The van der Waals surface area contributed by atoms with Crippen molar-refractivity contribution in [2.24, 2.45) is 0 Å². The maximum absolute atomic E-state index is 5.15. The summed E-state index contributed by atoms with van der Waals surface area (Å²) in [7, 11) is 1.65. The van der Waals surface area contributed by atoms with Gasteiger partial charge in [-0.2, -0.15) is 0 Å². The topological polar surface area (TPSA) is 35.0 Å². The molecule has 1 aromatic heterocycles. The van der Waals surface area contributed by atoms with E-state index in [9.17, 15) is 0 Å². The van der Waals surface area contributed by atoms with Gasteiger partial charge in [0, 0.05) is 11.8 Å². The summed E-state index contributed by atoms with van der Waals surface area (Å²) in [6.45, 7) is 0. The van der Waals surface area contributed by atoms with E-state index in [1.54, 1.807) is 13.3 Å². The molecule has 2 aromatic rings. The number of rotatable bonds is 2. The van der Waals surface area contributed by atoms with Crippen molar-refractivity contribution >= 4 is 15.9 Å². The fraction of sp³-hybridized carbons (Fsp3) is 0.0909. The molecule has 0 aliphatic carbocycles. The minimum absolute atomic E-state index is 0.586. The highest BCUT2D eigenvalue weighted by atomic mass is 79.9. The summed E-state index contributed by atoms with van der Waals surface area (Å²) in [6.07, 6.45) is 1.71. The number of hydrogen-bond acceptors (Lipinski definition) is 3. The Morgan fingerprint density at radius 1 is 1.27 bits per heavy atom. The van der Waals surface area contributed by atoms with E-state index in [0.717, 1.165) is 17.0 Å². The lowest BCUT2D eigenvalue weighted by molar-refractivity contribution is 0.415. The van der Waals surface area contributed by atoms with E-state index >= 15 is 0 Å². The number of halogens is 1. The van der Waals surface area contributed by atoms with E-state index in [-0.39, 0.29) is 0 Å². The summed E-state index contributed by atoms with van der Waals surface area (Å²) in [6, 6.07) is 9.62. The molecule has 76 valence electrons. The monoisotopic (exact) mass is 264 g/mol. The Morgan fingerprint density at radius 3 is 2.87 bits per heavy atom. The van der Waals surface area contributed by atoms with Crippen LogP contribution in [0.3, 0.4) is 0 Å². The second-order valence-corrected chi connectivity index (χ2v) is 3.65. The summed E-state index contributed by atoms with van der Waals surface area (Å²) in [5.41, 5.74) is 1.88. The molecule has 0 radical (unpaired) electrons. The zero-order chi connectivity index (χ0) is 10.7. The molecule has 1 aromatic carbocycles. The number of benzene rings is 1. The Morgan fingerprint density at radius 2 is 2.13 bits per heavy atom. The van der Waals surface area contributed by atoms with Crippen LogP contribution in [-0.2, 0) is 0 Å². The molecule has 0 atom stereocenters. The molecule has 0 aliphatic rings. The second kappa shape index (κ2) is 4.40. The molecule has 4 heteroatoms. The lowest BCUT2D eigenvalue weighted by atomic mass is 10.1. The number of hydrogen-bond donors (Lipinski definition) is 0. The molecule has 3 nitrogen and oxygen atoms in total. The molecule has 1 heterocycles. The van der Waals surface area contributed by atoms with Crippen LogP contribution in [0.25, 0.3) is 11.3 Å². The molecule has 0 aliphatic heterocycles. The van der Waals surface area contributed by atoms with Gasteiger partial charge in [0.05, 0.1) is 12.8 Å². The molecule has 2 rings (SSSR count). The maximum atomic E-state index is 5.15. The zero-order valence-electron chi connectivity index (χ0n) is 8.14. The van der Waals surface area contributed by atoms with Crippen LogP contribution in [0.1, 0.15) is 0 Å². The second-order valence-electron chi connectivity index (χ2n) is 2.94. The Labute approximate surface area is 96.3 Å². The summed E-state index contributed by atoms with van der Waals surface area (Å²) >= 11 is 3.24. The number of methoxy groups -OCH3 is 1. The first-order valence-corrected chi connectivity index (χ1v) is 5.22. The van der Waals surface area contributed by atoms with Gasteiger partial charge in [-0.1, -0.05) is 12.1 Å². The van der Waals surface area contributed by atoms with Gasteiger partial charge in [0.2, 0.25) is 0 Å². The predicted octanol–water partition coefficient (Wildman–Crippen LogP) is 2.91. The molecule has 0 saturated heterocycles. The van der Waals surface area contributed by atoms with Gasteiger partial charge in [-0.15, -0.1) is 0 Å². The van der Waals surface area contributed by atoms with Gasteiger partial charge in [0.25, 0.3) is 0 Å². The minimum atomic E-state index is 0.586. The van der Waals surface area contributed by atoms with E-state index < -0.39 is 0 Å². The summed E-state index contributed by atoms with van der Waals surface area (Å²) in [5, 5.41) is 0. The normalized spacial score (nSPS) is 10.0. The van der Waals surface area contributed by atoms with E-state index in [4.69, 9.17) is 4.74 Å². The number of aromatic nitrogens is 2. The van der Waals surface area contributed by atoms with Crippen molar-refractivity contribution in [1.82, 2.24) is 9.97 Å². The molecule has 0 amide bonds. The smallest absolute Gasteiger partial charge is 0.197 e. The highest BCUT2D eigenvalue weighted by molar-refractivity contribution is 9.10. The molecule has 0 spiro atoms. The van der Waals surface area contributed by atoms with Crippen LogP contribution >= 0.6 is 15.9 Å². The van der Waals surface area contributed by atoms with Crippen molar-refractivity contribution in [2.75, 3.05) is 7.11 Å². The van der Waals surface area contributed by atoms with Crippen molar-refractivity contribution < 1.29 is 4.74 Å². The fourth-order valence-corrected chi connectivity index (χ4v) is 1.59. The molecule has 0 N–H and O–H groups in total. The Hall–Kier alpha value is -1.42. The SMILES string of the molecule is COc1cccc(-c2ccnc(Br)n2)c1. The van der Waals surface area contributed by atoms with Crippen LogP contribution < -0.4 is 4.74 Å². The van der Waals surface area contributed by atoms with Crippen molar-refractivity contribution in [3.8, 4) is 17.0 Å². The first-order valence-electron chi connectivity index (χ1n) is 4.42. The van der Waals surface area contributed by atoms with E-state index in [0.29, 0.717) is 4.73 Å².